The van der Waals surface area contributed by atoms with Gasteiger partial charge in [-0.3, -0.25) is 9.59 Å². The number of hydrogen-bond acceptors (Lipinski definition) is 6. The number of thiophene rings is 1. The summed E-state index contributed by atoms with van der Waals surface area (Å²) >= 11 is 2.98. The van der Waals surface area contributed by atoms with Crippen molar-refractivity contribution in [2.75, 3.05) is 24.2 Å². The molecule has 1 aliphatic rings. The molecule has 3 aromatic carbocycles. The summed E-state index contributed by atoms with van der Waals surface area (Å²) in [5.74, 6) is -0.411. The molecular formula is C35H35N3O4S2. The number of fused-ring (bicyclic) bond motifs is 3. The molecule has 6 rings (SSSR count). The van der Waals surface area contributed by atoms with E-state index in [1.54, 1.807) is 6.92 Å². The standard InChI is InChI=1S/C35H35N3O4S2/c1-2-42-35(41)32-27-13-4-3-5-15-29(27)44-34(32)37-31(39)22-43-30-21-38(28-14-9-8-12-26(28)30)19-18-36-33(40)25-17-16-23-10-6-7-11-24(23)20-25/h6-12,14,16-17,20-21H,2-5,13,15,18-19,22H2,1H3,(H,36,40)(H,37,39). The van der Waals surface area contributed by atoms with E-state index in [0.717, 1.165) is 64.2 Å². The quantitative estimate of drug-likeness (QED) is 0.0956. The Bertz CT molecular complexity index is 1840. The van der Waals surface area contributed by atoms with Gasteiger partial charge in [0.2, 0.25) is 5.91 Å². The highest BCUT2D eigenvalue weighted by atomic mass is 32.2. The number of nitrogens with one attached hydrogen (secondary N) is 2. The molecule has 7 nitrogen and oxygen atoms in total. The van der Waals surface area contributed by atoms with Crippen LogP contribution >= 0.6 is 23.1 Å². The van der Waals surface area contributed by atoms with Gasteiger partial charge in [-0.1, -0.05) is 55.0 Å². The second kappa shape index (κ2) is 13.7. The summed E-state index contributed by atoms with van der Waals surface area (Å²) in [6.45, 7) is 3.15. The molecule has 0 atom stereocenters. The predicted octanol–water partition coefficient (Wildman–Crippen LogP) is 7.46. The Morgan fingerprint density at radius 1 is 0.955 bits per heavy atom. The average molecular weight is 626 g/mol. The first-order valence-electron chi connectivity index (χ1n) is 15.1. The number of aryl methyl sites for hydroxylation is 1. The van der Waals surface area contributed by atoms with Crippen LogP contribution in [0.25, 0.3) is 21.7 Å². The van der Waals surface area contributed by atoms with Gasteiger partial charge < -0.3 is 19.9 Å². The molecule has 2 heterocycles. The molecule has 0 saturated carbocycles. The second-order valence-electron chi connectivity index (χ2n) is 10.8. The van der Waals surface area contributed by atoms with Crippen LogP contribution in [-0.4, -0.2) is 41.3 Å². The highest BCUT2D eigenvalue weighted by Gasteiger charge is 2.26. The van der Waals surface area contributed by atoms with Crippen LogP contribution in [0.5, 0.6) is 0 Å². The van der Waals surface area contributed by atoms with Crippen molar-refractivity contribution in [3.8, 4) is 0 Å². The Balaban J connectivity index is 1.11. The first kappa shape index (κ1) is 30.0. The highest BCUT2D eigenvalue weighted by molar-refractivity contribution is 8.00. The maximum atomic E-state index is 13.2. The average Bonchev–Trinajstić information content (AvgIpc) is 3.47. The molecule has 0 aliphatic heterocycles. The SMILES string of the molecule is CCOC(=O)c1c(NC(=O)CSc2cn(CCNC(=O)c3ccc4ccccc4c3)c3ccccc23)sc2c1CCCCC2. The smallest absolute Gasteiger partial charge is 0.341 e. The summed E-state index contributed by atoms with van der Waals surface area (Å²) < 4.78 is 7.48. The van der Waals surface area contributed by atoms with Gasteiger partial charge in [0.1, 0.15) is 5.00 Å². The van der Waals surface area contributed by atoms with E-state index in [2.05, 4.69) is 27.3 Å². The largest absolute Gasteiger partial charge is 0.462 e. The molecule has 226 valence electrons. The molecule has 0 spiro atoms. The van der Waals surface area contributed by atoms with Gasteiger partial charge >= 0.3 is 5.97 Å². The van der Waals surface area contributed by atoms with Crippen LogP contribution in [-0.2, 0) is 28.9 Å². The molecule has 5 aromatic rings. The summed E-state index contributed by atoms with van der Waals surface area (Å²) in [7, 11) is 0. The number of carbonyl (C=O) groups excluding carboxylic acids is 3. The number of amides is 2. The highest BCUT2D eigenvalue weighted by Crippen LogP contribution is 2.38. The van der Waals surface area contributed by atoms with Crippen molar-refractivity contribution in [3.63, 3.8) is 0 Å². The number of anilines is 1. The molecule has 1 aliphatic carbocycles. The van der Waals surface area contributed by atoms with Crippen LogP contribution in [0.2, 0.25) is 0 Å². The Morgan fingerprint density at radius 3 is 2.61 bits per heavy atom. The van der Waals surface area contributed by atoms with Crippen molar-refractivity contribution in [2.24, 2.45) is 0 Å². The van der Waals surface area contributed by atoms with E-state index in [0.29, 0.717) is 35.8 Å². The van der Waals surface area contributed by atoms with Gasteiger partial charge in [0.25, 0.3) is 5.91 Å². The van der Waals surface area contributed by atoms with Crippen molar-refractivity contribution in [1.82, 2.24) is 9.88 Å². The number of rotatable bonds is 10. The number of ether oxygens (including phenoxy) is 1. The fourth-order valence-corrected chi connectivity index (χ4v) is 7.97. The van der Waals surface area contributed by atoms with Crippen molar-refractivity contribution in [3.05, 3.63) is 94.5 Å². The fourth-order valence-electron chi connectivity index (χ4n) is 5.79. The van der Waals surface area contributed by atoms with Crippen LogP contribution in [0.1, 0.15) is 57.3 Å². The summed E-state index contributed by atoms with van der Waals surface area (Å²) in [5.41, 5.74) is 3.26. The number of carbonyl (C=O) groups is 3. The van der Waals surface area contributed by atoms with Crippen LogP contribution in [0.3, 0.4) is 0 Å². The van der Waals surface area contributed by atoms with Crippen molar-refractivity contribution in [2.45, 2.75) is 50.5 Å². The molecule has 2 aromatic heterocycles. The monoisotopic (exact) mass is 625 g/mol. The zero-order chi connectivity index (χ0) is 30.5. The van der Waals surface area contributed by atoms with Crippen molar-refractivity contribution >= 4 is 67.6 Å². The lowest BCUT2D eigenvalue weighted by Gasteiger charge is -2.08. The van der Waals surface area contributed by atoms with E-state index < -0.39 is 0 Å². The normalized spacial score (nSPS) is 12.9. The van der Waals surface area contributed by atoms with Crippen LogP contribution in [0.15, 0.2) is 77.8 Å². The van der Waals surface area contributed by atoms with E-state index >= 15 is 0 Å². The van der Waals surface area contributed by atoms with Crippen LogP contribution in [0, 0.1) is 0 Å². The van der Waals surface area contributed by atoms with Gasteiger partial charge in [0.15, 0.2) is 0 Å². The number of nitrogens with zero attached hydrogens (tertiary/aromatic N) is 1. The fraction of sp³-hybridized carbons (Fsp3) is 0.286. The number of esters is 1. The van der Waals surface area contributed by atoms with Crippen LogP contribution in [0.4, 0.5) is 5.00 Å². The molecule has 2 amide bonds. The zero-order valence-electron chi connectivity index (χ0n) is 24.7. The van der Waals surface area contributed by atoms with Crippen molar-refractivity contribution in [1.29, 1.82) is 0 Å². The first-order valence-corrected chi connectivity index (χ1v) is 16.9. The van der Waals surface area contributed by atoms with E-state index in [9.17, 15) is 14.4 Å². The second-order valence-corrected chi connectivity index (χ2v) is 13.0. The Hall–Kier alpha value is -4.08. The van der Waals surface area contributed by atoms with E-state index in [1.807, 2.05) is 60.8 Å². The Labute approximate surface area is 265 Å². The lowest BCUT2D eigenvalue weighted by atomic mass is 10.1. The Morgan fingerprint density at radius 2 is 1.75 bits per heavy atom. The number of thioether (sulfide) groups is 1. The summed E-state index contributed by atoms with van der Waals surface area (Å²) in [4.78, 5) is 41.1. The molecule has 0 radical (unpaired) electrons. The van der Waals surface area contributed by atoms with Gasteiger partial charge in [-0.25, -0.2) is 4.79 Å². The lowest BCUT2D eigenvalue weighted by Crippen LogP contribution is -2.27. The maximum absolute atomic E-state index is 13.2. The molecule has 9 heteroatoms. The van der Waals surface area contributed by atoms with Gasteiger partial charge in [-0.05, 0) is 67.1 Å². The Kier molecular flexibility index (Phi) is 9.33. The molecule has 0 unspecified atom stereocenters. The van der Waals surface area contributed by atoms with Gasteiger partial charge in [0.05, 0.1) is 17.9 Å². The molecular weight excluding hydrogens is 591 g/mol. The molecule has 2 N–H and O–H groups in total. The number of benzene rings is 3. The minimum atomic E-state index is -0.356. The number of aromatic nitrogens is 1. The minimum absolute atomic E-state index is 0.105. The van der Waals surface area contributed by atoms with Crippen molar-refractivity contribution < 1.29 is 19.1 Å². The first-order chi connectivity index (χ1) is 21.5. The van der Waals surface area contributed by atoms with E-state index in [1.165, 1.54) is 28.0 Å². The third kappa shape index (κ3) is 6.54. The zero-order valence-corrected chi connectivity index (χ0v) is 26.3. The topological polar surface area (TPSA) is 89.4 Å². The molecule has 44 heavy (non-hydrogen) atoms. The summed E-state index contributed by atoms with van der Waals surface area (Å²) in [5, 5.41) is 9.87. The minimum Gasteiger partial charge on any atom is -0.462 e. The number of para-hydroxylation sites is 1. The summed E-state index contributed by atoms with van der Waals surface area (Å²) in [6.07, 6.45) is 7.09. The maximum Gasteiger partial charge on any atom is 0.341 e. The summed E-state index contributed by atoms with van der Waals surface area (Å²) in [6, 6.07) is 21.8. The predicted molar refractivity (Wildman–Crippen MR) is 179 cm³/mol. The molecule has 0 saturated heterocycles. The van der Waals surface area contributed by atoms with E-state index in [4.69, 9.17) is 4.74 Å². The van der Waals surface area contributed by atoms with Gasteiger partial charge in [-0.15, -0.1) is 23.1 Å². The van der Waals surface area contributed by atoms with E-state index in [-0.39, 0.29) is 23.5 Å². The third-order valence-corrected chi connectivity index (χ3v) is 10.2. The molecule has 0 bridgehead atoms. The third-order valence-electron chi connectivity index (χ3n) is 7.91. The molecule has 0 fully saturated rings. The van der Waals surface area contributed by atoms with Crippen LogP contribution < -0.4 is 10.6 Å². The lowest BCUT2D eigenvalue weighted by molar-refractivity contribution is -0.113. The number of hydrogen-bond donors (Lipinski definition) is 2. The van der Waals surface area contributed by atoms with Gasteiger partial charge in [0, 0.05) is 45.5 Å². The van der Waals surface area contributed by atoms with Gasteiger partial charge in [-0.2, -0.15) is 0 Å².